The van der Waals surface area contributed by atoms with Gasteiger partial charge in [-0.05, 0) is 19.1 Å². The van der Waals surface area contributed by atoms with Crippen LogP contribution < -0.4 is 10.1 Å². The first-order valence-corrected chi connectivity index (χ1v) is 8.49. The maximum Gasteiger partial charge on any atom is 0.225 e. The molecular weight excluding hydrogens is 310 g/mol. The monoisotopic (exact) mass is 333 g/mol. The van der Waals surface area contributed by atoms with Gasteiger partial charge in [0, 0.05) is 29.5 Å². The van der Waals surface area contributed by atoms with Crippen molar-refractivity contribution in [2.24, 2.45) is 5.41 Å². The van der Waals surface area contributed by atoms with E-state index in [1.807, 2.05) is 45.2 Å². The number of nitrogens with one attached hydrogen (secondary N) is 1. The average Bonchev–Trinajstić information content (AvgIpc) is 2.93. The Morgan fingerprint density at radius 1 is 1.35 bits per heavy atom. The lowest BCUT2D eigenvalue weighted by Crippen LogP contribution is -2.35. The first kappa shape index (κ1) is 17.4. The molecule has 6 heteroatoms. The van der Waals surface area contributed by atoms with Crippen molar-refractivity contribution < 1.29 is 9.53 Å². The number of aryl methyl sites for hydroxylation is 1. The van der Waals surface area contributed by atoms with E-state index in [4.69, 9.17) is 4.74 Å². The van der Waals surface area contributed by atoms with Crippen LogP contribution in [0.2, 0.25) is 0 Å². The van der Waals surface area contributed by atoms with Crippen LogP contribution in [0.5, 0.6) is 5.75 Å². The number of nitrogens with zero attached hydrogens (tertiary/aromatic N) is 2. The van der Waals surface area contributed by atoms with Crippen molar-refractivity contribution in [3.63, 3.8) is 0 Å². The van der Waals surface area contributed by atoms with E-state index in [2.05, 4.69) is 15.3 Å². The molecule has 0 radical (unpaired) electrons. The Kier molecular flexibility index (Phi) is 5.71. The summed E-state index contributed by atoms with van der Waals surface area (Å²) in [7, 11) is 0. The molecule has 0 aliphatic heterocycles. The van der Waals surface area contributed by atoms with E-state index in [0.29, 0.717) is 13.2 Å². The zero-order valence-corrected chi connectivity index (χ0v) is 14.9. The van der Waals surface area contributed by atoms with Gasteiger partial charge in [0.15, 0.2) is 0 Å². The van der Waals surface area contributed by atoms with Crippen LogP contribution in [-0.2, 0) is 17.8 Å². The number of thiazole rings is 1. The van der Waals surface area contributed by atoms with Crippen LogP contribution in [0.15, 0.2) is 23.7 Å². The summed E-state index contributed by atoms with van der Waals surface area (Å²) in [4.78, 5) is 20.5. The number of hydrogen-bond acceptors (Lipinski definition) is 5. The lowest BCUT2D eigenvalue weighted by Gasteiger charge is -2.17. The summed E-state index contributed by atoms with van der Waals surface area (Å²) in [5.41, 5.74) is 1.58. The molecule has 0 fully saturated rings. The van der Waals surface area contributed by atoms with E-state index in [1.54, 1.807) is 17.5 Å². The zero-order chi connectivity index (χ0) is 16.9. The molecule has 0 spiro atoms. The summed E-state index contributed by atoms with van der Waals surface area (Å²) in [6.07, 6.45) is 2.44. The van der Waals surface area contributed by atoms with Crippen LogP contribution in [0.1, 0.15) is 37.2 Å². The highest BCUT2D eigenvalue weighted by Crippen LogP contribution is 2.15. The van der Waals surface area contributed by atoms with Gasteiger partial charge >= 0.3 is 0 Å². The second-order valence-electron chi connectivity index (χ2n) is 6.41. The Balaban J connectivity index is 1.77. The van der Waals surface area contributed by atoms with Crippen LogP contribution in [0.25, 0.3) is 0 Å². The summed E-state index contributed by atoms with van der Waals surface area (Å²) in [6, 6.07) is 3.82. The molecule has 0 saturated heterocycles. The van der Waals surface area contributed by atoms with Gasteiger partial charge in [0.05, 0.1) is 11.9 Å². The number of rotatable bonds is 6. The van der Waals surface area contributed by atoms with E-state index < -0.39 is 0 Å². The van der Waals surface area contributed by atoms with Gasteiger partial charge in [0.25, 0.3) is 0 Å². The van der Waals surface area contributed by atoms with Crippen molar-refractivity contribution in [2.45, 2.75) is 40.7 Å². The highest BCUT2D eigenvalue weighted by atomic mass is 32.1. The Bertz CT molecular complexity index is 645. The van der Waals surface area contributed by atoms with E-state index in [9.17, 15) is 4.79 Å². The Morgan fingerprint density at radius 3 is 2.78 bits per heavy atom. The number of aromatic nitrogens is 2. The standard InChI is InChI=1S/C17H23N3O2S/c1-12-5-6-14(9-19-12)22-10-15-20-13(11-23-15)7-8-18-16(21)17(2,3)4/h5-6,9,11H,7-8,10H2,1-4H3,(H,18,21). The lowest BCUT2D eigenvalue weighted by atomic mass is 9.96. The van der Waals surface area contributed by atoms with Crippen LogP contribution in [0.3, 0.4) is 0 Å². The van der Waals surface area contributed by atoms with Gasteiger partial charge in [0.2, 0.25) is 5.91 Å². The van der Waals surface area contributed by atoms with Crippen LogP contribution >= 0.6 is 11.3 Å². The lowest BCUT2D eigenvalue weighted by molar-refractivity contribution is -0.128. The summed E-state index contributed by atoms with van der Waals surface area (Å²) >= 11 is 1.57. The summed E-state index contributed by atoms with van der Waals surface area (Å²) < 4.78 is 5.66. The third-order valence-corrected chi connectivity index (χ3v) is 4.06. The smallest absolute Gasteiger partial charge is 0.225 e. The SMILES string of the molecule is Cc1ccc(OCc2nc(CCNC(=O)C(C)(C)C)cs2)cn1. The van der Waals surface area contributed by atoms with Crippen molar-refractivity contribution in [2.75, 3.05) is 6.54 Å². The topological polar surface area (TPSA) is 64.1 Å². The summed E-state index contributed by atoms with van der Waals surface area (Å²) in [6.45, 7) is 8.68. The molecule has 2 rings (SSSR count). The minimum absolute atomic E-state index is 0.0585. The predicted molar refractivity (Wildman–Crippen MR) is 91.6 cm³/mol. The Morgan fingerprint density at radius 2 is 2.13 bits per heavy atom. The molecule has 0 bridgehead atoms. The normalized spacial score (nSPS) is 11.3. The molecule has 124 valence electrons. The van der Waals surface area contributed by atoms with Crippen molar-refractivity contribution in [3.05, 3.63) is 40.1 Å². The van der Waals surface area contributed by atoms with Crippen molar-refractivity contribution >= 4 is 17.2 Å². The molecule has 0 aliphatic carbocycles. The van der Waals surface area contributed by atoms with Gasteiger partial charge in [-0.25, -0.2) is 4.98 Å². The van der Waals surface area contributed by atoms with Gasteiger partial charge < -0.3 is 10.1 Å². The number of ether oxygens (including phenoxy) is 1. The third kappa shape index (κ3) is 5.63. The second kappa shape index (κ2) is 7.55. The van der Waals surface area contributed by atoms with Crippen LogP contribution in [-0.4, -0.2) is 22.4 Å². The highest BCUT2D eigenvalue weighted by molar-refractivity contribution is 7.09. The first-order chi connectivity index (χ1) is 10.8. The second-order valence-corrected chi connectivity index (χ2v) is 7.36. The molecule has 0 aliphatic rings. The minimum atomic E-state index is -0.358. The zero-order valence-electron chi connectivity index (χ0n) is 14.0. The van der Waals surface area contributed by atoms with Crippen LogP contribution in [0, 0.1) is 12.3 Å². The summed E-state index contributed by atoms with van der Waals surface area (Å²) in [5, 5.41) is 5.86. The van der Waals surface area contributed by atoms with E-state index in [0.717, 1.165) is 28.6 Å². The molecule has 1 N–H and O–H groups in total. The molecule has 0 saturated carbocycles. The number of pyridine rings is 1. The molecule has 2 aromatic rings. The quantitative estimate of drug-likeness (QED) is 0.882. The molecule has 0 atom stereocenters. The fraction of sp³-hybridized carbons (Fsp3) is 0.471. The van der Waals surface area contributed by atoms with Gasteiger partial charge in [-0.1, -0.05) is 20.8 Å². The fourth-order valence-electron chi connectivity index (χ4n) is 1.78. The Hall–Kier alpha value is -1.95. The first-order valence-electron chi connectivity index (χ1n) is 7.61. The van der Waals surface area contributed by atoms with Gasteiger partial charge in [-0.3, -0.25) is 9.78 Å². The van der Waals surface area contributed by atoms with Crippen molar-refractivity contribution in [1.82, 2.24) is 15.3 Å². The average molecular weight is 333 g/mol. The molecule has 23 heavy (non-hydrogen) atoms. The van der Waals surface area contributed by atoms with Crippen molar-refractivity contribution in [1.29, 1.82) is 0 Å². The maximum atomic E-state index is 11.8. The minimum Gasteiger partial charge on any atom is -0.485 e. The van der Waals surface area contributed by atoms with E-state index >= 15 is 0 Å². The molecule has 0 aromatic carbocycles. The number of carbonyl (C=O) groups is 1. The molecule has 2 heterocycles. The van der Waals surface area contributed by atoms with Crippen molar-refractivity contribution in [3.8, 4) is 5.75 Å². The molecule has 1 amide bonds. The molecule has 2 aromatic heterocycles. The van der Waals surface area contributed by atoms with E-state index in [-0.39, 0.29) is 11.3 Å². The maximum absolute atomic E-state index is 11.8. The molecule has 5 nitrogen and oxygen atoms in total. The fourth-order valence-corrected chi connectivity index (χ4v) is 2.52. The van der Waals surface area contributed by atoms with Crippen LogP contribution in [0.4, 0.5) is 0 Å². The molecular formula is C17H23N3O2S. The highest BCUT2D eigenvalue weighted by Gasteiger charge is 2.20. The molecule has 0 unspecified atom stereocenters. The van der Waals surface area contributed by atoms with Gasteiger partial charge in [-0.15, -0.1) is 11.3 Å². The van der Waals surface area contributed by atoms with Gasteiger partial charge in [-0.2, -0.15) is 0 Å². The van der Waals surface area contributed by atoms with E-state index in [1.165, 1.54) is 0 Å². The third-order valence-electron chi connectivity index (χ3n) is 3.19. The summed E-state index contributed by atoms with van der Waals surface area (Å²) in [5.74, 6) is 0.799. The Labute approximate surface area is 141 Å². The number of hydrogen-bond donors (Lipinski definition) is 1. The number of amides is 1. The predicted octanol–water partition coefficient (Wildman–Crippen LogP) is 3.13. The largest absolute Gasteiger partial charge is 0.485 e. The number of carbonyl (C=O) groups excluding carboxylic acids is 1. The van der Waals surface area contributed by atoms with Gasteiger partial charge in [0.1, 0.15) is 17.4 Å².